The Morgan fingerprint density at radius 2 is 1.41 bits per heavy atom. The molecule has 0 nitrogen and oxygen atoms in total. The van der Waals surface area contributed by atoms with Crippen molar-refractivity contribution in [2.24, 2.45) is 5.92 Å². The molecular formula is C46H74. The summed E-state index contributed by atoms with van der Waals surface area (Å²) in [4.78, 5) is 0. The molecule has 0 saturated heterocycles. The fraction of sp³-hybridized carbons (Fsp3) is 0.522. The lowest BCUT2D eigenvalue weighted by Gasteiger charge is -2.25. The molecule has 258 valence electrons. The van der Waals surface area contributed by atoms with Crippen molar-refractivity contribution in [3.8, 4) is 0 Å². The van der Waals surface area contributed by atoms with Crippen molar-refractivity contribution >= 4 is 16.3 Å². The fourth-order valence-electron chi connectivity index (χ4n) is 5.65. The van der Waals surface area contributed by atoms with E-state index < -0.39 is 0 Å². The smallest absolute Gasteiger partial charge is 0.00794 e. The summed E-state index contributed by atoms with van der Waals surface area (Å²) in [5.74, 6) is 1.35. The molecule has 3 aromatic carbocycles. The second-order valence-corrected chi connectivity index (χ2v) is 12.0. The van der Waals surface area contributed by atoms with E-state index in [0.29, 0.717) is 5.92 Å². The molecule has 0 aromatic heterocycles. The van der Waals surface area contributed by atoms with Crippen molar-refractivity contribution in [3.63, 3.8) is 0 Å². The van der Waals surface area contributed by atoms with Crippen molar-refractivity contribution in [1.29, 1.82) is 0 Å². The Kier molecular flexibility index (Phi) is 26.8. The van der Waals surface area contributed by atoms with Gasteiger partial charge in [-0.25, -0.2) is 0 Å². The summed E-state index contributed by atoms with van der Waals surface area (Å²) < 4.78 is 0. The van der Waals surface area contributed by atoms with Crippen LogP contribution in [0.5, 0.6) is 0 Å². The summed E-state index contributed by atoms with van der Waals surface area (Å²) in [5, 5.41) is 2.71. The minimum Gasteiger partial charge on any atom is -0.103 e. The lowest BCUT2D eigenvalue weighted by molar-refractivity contribution is 0.547. The third-order valence-corrected chi connectivity index (χ3v) is 8.45. The van der Waals surface area contributed by atoms with E-state index in [-0.39, 0.29) is 0 Å². The van der Waals surface area contributed by atoms with E-state index in [4.69, 9.17) is 0 Å². The highest BCUT2D eigenvalue weighted by Gasteiger charge is 2.28. The van der Waals surface area contributed by atoms with Crippen LogP contribution < -0.4 is 0 Å². The van der Waals surface area contributed by atoms with Gasteiger partial charge in [-0.05, 0) is 117 Å². The highest BCUT2D eigenvalue weighted by molar-refractivity contribution is 5.86. The van der Waals surface area contributed by atoms with E-state index in [1.54, 1.807) is 11.1 Å². The maximum atomic E-state index is 3.48. The standard InChI is InChI=1S/C22H32.C12H12.C4H10.C4H8.2C2H6/c1-7-9-10-19(8-2)20-14-13-17(5)22(18(20)6)21-15(3)11-12-16(21)4;1-9-6-7-12-10(2)4-3-5-11(12)8-9;2*1-3-4-2;2*1-2/h8,11,13-14,16,21H,7,9-10,12H2,1-6H3;3-8H,1-2H3;3-4H2,1-2H3;3H,1,4H2,2H3;2*1-2H3/b19-8-;;;;;. The summed E-state index contributed by atoms with van der Waals surface area (Å²) in [6.07, 6.45) is 15.3. The first-order chi connectivity index (χ1) is 22.1. The van der Waals surface area contributed by atoms with Crippen molar-refractivity contribution < 1.29 is 0 Å². The van der Waals surface area contributed by atoms with Gasteiger partial charge in [0.1, 0.15) is 0 Å². The largest absolute Gasteiger partial charge is 0.103 e. The maximum Gasteiger partial charge on any atom is 0.00794 e. The molecule has 0 bridgehead atoms. The van der Waals surface area contributed by atoms with Crippen LogP contribution in [0, 0.1) is 33.6 Å². The van der Waals surface area contributed by atoms with Gasteiger partial charge < -0.3 is 0 Å². The summed E-state index contributed by atoms with van der Waals surface area (Å²) in [6, 6.07) is 17.7. The number of hydrogen-bond donors (Lipinski definition) is 0. The van der Waals surface area contributed by atoms with Gasteiger partial charge >= 0.3 is 0 Å². The van der Waals surface area contributed by atoms with Crippen LogP contribution in [0.15, 0.2) is 78.9 Å². The monoisotopic (exact) mass is 627 g/mol. The normalized spacial score (nSPS) is 14.8. The minimum atomic E-state index is 0.615. The Labute approximate surface area is 288 Å². The molecule has 0 radical (unpaired) electrons. The van der Waals surface area contributed by atoms with Gasteiger partial charge in [0.2, 0.25) is 0 Å². The van der Waals surface area contributed by atoms with Gasteiger partial charge in [0.05, 0.1) is 0 Å². The molecule has 0 heterocycles. The topological polar surface area (TPSA) is 0 Å². The average molecular weight is 627 g/mol. The van der Waals surface area contributed by atoms with Crippen LogP contribution in [0.3, 0.4) is 0 Å². The van der Waals surface area contributed by atoms with Crippen molar-refractivity contribution in [2.45, 2.75) is 155 Å². The molecular weight excluding hydrogens is 553 g/mol. The van der Waals surface area contributed by atoms with E-state index in [0.717, 1.165) is 12.3 Å². The Bertz CT molecular complexity index is 1280. The Morgan fingerprint density at radius 3 is 1.89 bits per heavy atom. The second kappa shape index (κ2) is 27.3. The van der Waals surface area contributed by atoms with E-state index in [2.05, 4.69) is 143 Å². The Hall–Kier alpha value is -2.86. The predicted molar refractivity (Wildman–Crippen MR) is 217 cm³/mol. The fourth-order valence-corrected chi connectivity index (χ4v) is 5.65. The van der Waals surface area contributed by atoms with Crippen LogP contribution in [-0.4, -0.2) is 0 Å². The second-order valence-electron chi connectivity index (χ2n) is 12.0. The van der Waals surface area contributed by atoms with Gasteiger partial charge in [0.25, 0.3) is 0 Å². The molecule has 3 aromatic rings. The summed E-state index contributed by atoms with van der Waals surface area (Å²) in [6.45, 7) is 36.0. The number of hydrogen-bond acceptors (Lipinski definition) is 0. The maximum absolute atomic E-state index is 3.48. The molecule has 0 heteroatoms. The number of benzene rings is 3. The Morgan fingerprint density at radius 1 is 0.804 bits per heavy atom. The Balaban J connectivity index is 0. The van der Waals surface area contributed by atoms with E-state index >= 15 is 0 Å². The molecule has 0 aliphatic heterocycles. The van der Waals surface area contributed by atoms with Crippen molar-refractivity contribution in [3.05, 3.63) is 112 Å². The molecule has 0 amide bonds. The van der Waals surface area contributed by atoms with Gasteiger partial charge in [0, 0.05) is 5.92 Å². The average Bonchev–Trinajstić information content (AvgIpc) is 3.41. The zero-order chi connectivity index (χ0) is 35.7. The number of aryl methyl sites for hydroxylation is 3. The van der Waals surface area contributed by atoms with Gasteiger partial charge in [-0.15, -0.1) is 6.58 Å². The van der Waals surface area contributed by atoms with Crippen LogP contribution in [0.2, 0.25) is 0 Å². The lowest BCUT2D eigenvalue weighted by Crippen LogP contribution is -2.10. The predicted octanol–water partition coefficient (Wildman–Crippen LogP) is 15.9. The first-order valence-electron chi connectivity index (χ1n) is 18.6. The van der Waals surface area contributed by atoms with Crippen LogP contribution in [-0.2, 0) is 0 Å². The molecule has 0 N–H and O–H groups in total. The van der Waals surface area contributed by atoms with E-state index in [9.17, 15) is 0 Å². The molecule has 1 aliphatic rings. The summed E-state index contributed by atoms with van der Waals surface area (Å²) in [7, 11) is 0. The van der Waals surface area contributed by atoms with Crippen LogP contribution in [0.4, 0.5) is 0 Å². The molecule has 0 fully saturated rings. The summed E-state index contributed by atoms with van der Waals surface area (Å²) in [5.41, 5.74) is 11.8. The molecule has 2 unspecified atom stereocenters. The minimum absolute atomic E-state index is 0.615. The van der Waals surface area contributed by atoms with Gasteiger partial charge in [-0.3, -0.25) is 0 Å². The first kappa shape index (κ1) is 45.3. The van der Waals surface area contributed by atoms with E-state index in [1.807, 2.05) is 33.8 Å². The number of allylic oxidation sites excluding steroid dienone is 5. The molecule has 0 saturated carbocycles. The number of unbranched alkanes of at least 4 members (excludes halogenated alkanes) is 2. The summed E-state index contributed by atoms with van der Waals surface area (Å²) >= 11 is 0. The van der Waals surface area contributed by atoms with Crippen LogP contribution in [0.1, 0.15) is 160 Å². The molecule has 0 spiro atoms. The van der Waals surface area contributed by atoms with Crippen molar-refractivity contribution in [2.75, 3.05) is 0 Å². The van der Waals surface area contributed by atoms with Crippen LogP contribution in [0.25, 0.3) is 16.3 Å². The third-order valence-electron chi connectivity index (χ3n) is 8.45. The van der Waals surface area contributed by atoms with Gasteiger partial charge in [-0.1, -0.05) is 159 Å². The SMILES string of the molecule is C/C=C(/CCCC)c1ccc(C)c(C2C(C)=CCC2C)c1C.C=CCC.CC.CC.CCCC.Cc1ccc2c(C)cccc2c1. The van der Waals surface area contributed by atoms with Gasteiger partial charge in [0.15, 0.2) is 0 Å². The van der Waals surface area contributed by atoms with Gasteiger partial charge in [-0.2, -0.15) is 0 Å². The quantitative estimate of drug-likeness (QED) is 0.229. The number of rotatable bonds is 7. The highest BCUT2D eigenvalue weighted by Crippen LogP contribution is 2.43. The third kappa shape index (κ3) is 15.2. The zero-order valence-corrected chi connectivity index (χ0v) is 33.2. The van der Waals surface area contributed by atoms with Crippen molar-refractivity contribution in [1.82, 2.24) is 0 Å². The van der Waals surface area contributed by atoms with E-state index in [1.165, 1.54) is 82.7 Å². The molecule has 1 aliphatic carbocycles. The zero-order valence-electron chi connectivity index (χ0n) is 33.2. The van der Waals surface area contributed by atoms with Crippen LogP contribution >= 0.6 is 0 Å². The lowest BCUT2D eigenvalue weighted by atomic mass is 9.79. The first-order valence-corrected chi connectivity index (χ1v) is 18.6. The molecule has 46 heavy (non-hydrogen) atoms. The molecule has 4 rings (SSSR count). The highest BCUT2D eigenvalue weighted by atomic mass is 14.3. The molecule has 2 atom stereocenters. The number of fused-ring (bicyclic) bond motifs is 1.